The van der Waals surface area contributed by atoms with Gasteiger partial charge in [-0.25, -0.2) is 4.68 Å². The van der Waals surface area contributed by atoms with Crippen LogP contribution in [0.15, 0.2) is 36.5 Å². The Morgan fingerprint density at radius 1 is 1.20 bits per heavy atom. The van der Waals surface area contributed by atoms with E-state index in [1.54, 1.807) is 10.9 Å². The molecule has 0 aliphatic rings. The summed E-state index contributed by atoms with van der Waals surface area (Å²) in [5, 5.41) is 14.9. The van der Waals surface area contributed by atoms with Gasteiger partial charge < -0.3 is 10.6 Å². The zero-order valence-electron chi connectivity index (χ0n) is 13.9. The van der Waals surface area contributed by atoms with Gasteiger partial charge in [-0.3, -0.25) is 9.78 Å². The van der Waals surface area contributed by atoms with Crippen LogP contribution in [0.25, 0.3) is 16.6 Å². The molecule has 0 spiro atoms. The molecule has 134 valence electrons. The third kappa shape index (κ3) is 4.45. The first kappa shape index (κ1) is 20.8. The molecular weight excluding hydrogens is 363 g/mol. The van der Waals surface area contributed by atoms with Gasteiger partial charge in [-0.1, -0.05) is 11.3 Å². The molecule has 9 heteroatoms. The molecule has 2 aromatic heterocycles. The fourth-order valence-corrected chi connectivity index (χ4v) is 2.36. The lowest BCUT2D eigenvalue weighted by atomic mass is 10.2. The van der Waals surface area contributed by atoms with E-state index in [9.17, 15) is 4.79 Å². The second-order valence-electron chi connectivity index (χ2n) is 5.18. The van der Waals surface area contributed by atoms with E-state index in [1.165, 1.54) is 0 Å². The molecule has 0 fully saturated rings. The van der Waals surface area contributed by atoms with Crippen molar-refractivity contribution in [3.05, 3.63) is 47.9 Å². The van der Waals surface area contributed by atoms with Crippen molar-refractivity contribution in [1.82, 2.24) is 30.6 Å². The highest BCUT2D eigenvalue weighted by Crippen LogP contribution is 2.18. The normalized spacial score (nSPS) is 10.0. The quantitative estimate of drug-likeness (QED) is 0.658. The SMILES string of the molecule is CNCCNC(=O)c1nnn(-c2ccc3ncccc3c2)c1C.Cl.Cl. The molecule has 0 atom stereocenters. The number of hydrogen-bond donors (Lipinski definition) is 2. The lowest BCUT2D eigenvalue weighted by molar-refractivity contribution is 0.0948. The van der Waals surface area contributed by atoms with Crippen molar-refractivity contribution in [3.8, 4) is 5.69 Å². The maximum Gasteiger partial charge on any atom is 0.273 e. The molecule has 3 aromatic rings. The summed E-state index contributed by atoms with van der Waals surface area (Å²) in [6, 6.07) is 9.70. The average Bonchev–Trinajstić information content (AvgIpc) is 2.96. The summed E-state index contributed by atoms with van der Waals surface area (Å²) in [5.41, 5.74) is 2.81. The zero-order valence-corrected chi connectivity index (χ0v) is 15.5. The first-order chi connectivity index (χ1) is 11.2. The van der Waals surface area contributed by atoms with Crippen LogP contribution >= 0.6 is 24.8 Å². The van der Waals surface area contributed by atoms with Gasteiger partial charge in [0.05, 0.1) is 16.9 Å². The largest absolute Gasteiger partial charge is 0.349 e. The van der Waals surface area contributed by atoms with E-state index >= 15 is 0 Å². The van der Waals surface area contributed by atoms with Crippen LogP contribution in [-0.4, -0.2) is 46.0 Å². The van der Waals surface area contributed by atoms with Crippen molar-refractivity contribution >= 4 is 41.6 Å². The standard InChI is InChI=1S/C16H18N6O.2ClH/c1-11-15(16(23)19-9-8-17-2)20-21-22(11)13-5-6-14-12(10-13)4-3-7-18-14;;/h3-7,10,17H,8-9H2,1-2H3,(H,19,23);2*1H. The molecule has 0 aliphatic heterocycles. The van der Waals surface area contributed by atoms with Crippen LogP contribution in [-0.2, 0) is 0 Å². The summed E-state index contributed by atoms with van der Waals surface area (Å²) < 4.78 is 1.67. The van der Waals surface area contributed by atoms with E-state index in [2.05, 4.69) is 25.9 Å². The number of rotatable bonds is 5. The molecular formula is C16H20Cl2N6O. The third-order valence-electron chi connectivity index (χ3n) is 3.60. The van der Waals surface area contributed by atoms with Crippen LogP contribution in [0.4, 0.5) is 0 Å². The molecule has 2 N–H and O–H groups in total. The molecule has 0 bridgehead atoms. The molecule has 1 aromatic carbocycles. The van der Waals surface area contributed by atoms with Gasteiger partial charge in [0.15, 0.2) is 5.69 Å². The molecule has 25 heavy (non-hydrogen) atoms. The van der Waals surface area contributed by atoms with Crippen molar-refractivity contribution in [2.75, 3.05) is 20.1 Å². The van der Waals surface area contributed by atoms with E-state index in [4.69, 9.17) is 0 Å². The van der Waals surface area contributed by atoms with Crippen LogP contribution in [0.3, 0.4) is 0 Å². The maximum atomic E-state index is 12.1. The minimum absolute atomic E-state index is 0. The number of nitrogens with zero attached hydrogens (tertiary/aromatic N) is 4. The Bertz CT molecular complexity index is 852. The maximum absolute atomic E-state index is 12.1. The highest BCUT2D eigenvalue weighted by atomic mass is 35.5. The van der Waals surface area contributed by atoms with Crippen LogP contribution in [0.1, 0.15) is 16.2 Å². The van der Waals surface area contributed by atoms with Crippen molar-refractivity contribution in [3.63, 3.8) is 0 Å². The molecule has 7 nitrogen and oxygen atoms in total. The topological polar surface area (TPSA) is 84.7 Å². The van der Waals surface area contributed by atoms with Gasteiger partial charge in [-0.05, 0) is 38.2 Å². The molecule has 0 unspecified atom stereocenters. The Hall–Kier alpha value is -2.22. The number of nitrogens with one attached hydrogen (secondary N) is 2. The van der Waals surface area contributed by atoms with Crippen molar-refractivity contribution in [2.24, 2.45) is 0 Å². The first-order valence-corrected chi connectivity index (χ1v) is 7.41. The Morgan fingerprint density at radius 2 is 2.00 bits per heavy atom. The second-order valence-corrected chi connectivity index (χ2v) is 5.18. The molecule has 0 aliphatic carbocycles. The fourth-order valence-electron chi connectivity index (χ4n) is 2.36. The predicted octanol–water partition coefficient (Wildman–Crippen LogP) is 1.92. The Morgan fingerprint density at radius 3 is 2.76 bits per heavy atom. The lowest BCUT2D eigenvalue weighted by Gasteiger charge is -2.06. The van der Waals surface area contributed by atoms with Gasteiger partial charge in [-0.15, -0.1) is 29.9 Å². The van der Waals surface area contributed by atoms with Crippen LogP contribution in [0, 0.1) is 6.92 Å². The summed E-state index contributed by atoms with van der Waals surface area (Å²) in [4.78, 5) is 16.4. The van der Waals surface area contributed by atoms with Gasteiger partial charge >= 0.3 is 0 Å². The van der Waals surface area contributed by atoms with Crippen molar-refractivity contribution < 1.29 is 4.79 Å². The van der Waals surface area contributed by atoms with Crippen molar-refractivity contribution in [2.45, 2.75) is 6.92 Å². The fraction of sp³-hybridized carbons (Fsp3) is 0.250. The number of likely N-dealkylation sites (N-methyl/N-ethyl adjacent to an activating group) is 1. The average molecular weight is 383 g/mol. The Balaban J connectivity index is 0.00000156. The molecule has 0 saturated carbocycles. The van der Waals surface area contributed by atoms with Crippen LogP contribution < -0.4 is 10.6 Å². The van der Waals surface area contributed by atoms with E-state index in [1.807, 2.05) is 44.3 Å². The number of aromatic nitrogens is 4. The second kappa shape index (κ2) is 9.31. The molecule has 3 rings (SSSR count). The van der Waals surface area contributed by atoms with Gasteiger partial charge in [-0.2, -0.15) is 0 Å². The molecule has 1 amide bonds. The summed E-state index contributed by atoms with van der Waals surface area (Å²) in [6.07, 6.45) is 1.76. The Kier molecular flexibility index (Phi) is 7.76. The van der Waals surface area contributed by atoms with Gasteiger partial charge in [0.1, 0.15) is 0 Å². The molecule has 2 heterocycles. The number of benzene rings is 1. The number of hydrogen-bond acceptors (Lipinski definition) is 5. The number of amides is 1. The zero-order chi connectivity index (χ0) is 16.2. The minimum atomic E-state index is -0.216. The highest BCUT2D eigenvalue weighted by Gasteiger charge is 2.17. The van der Waals surface area contributed by atoms with Crippen LogP contribution in [0.5, 0.6) is 0 Å². The number of carbonyl (C=O) groups excluding carboxylic acids is 1. The first-order valence-electron chi connectivity index (χ1n) is 7.41. The smallest absolute Gasteiger partial charge is 0.273 e. The Labute approximate surface area is 158 Å². The van der Waals surface area contributed by atoms with Crippen molar-refractivity contribution in [1.29, 1.82) is 0 Å². The molecule has 0 saturated heterocycles. The van der Waals surface area contributed by atoms with E-state index < -0.39 is 0 Å². The van der Waals surface area contributed by atoms with E-state index in [0.717, 1.165) is 16.6 Å². The molecule has 0 radical (unpaired) electrons. The number of fused-ring (bicyclic) bond motifs is 1. The number of pyridine rings is 1. The van der Waals surface area contributed by atoms with Gasteiger partial charge in [0, 0.05) is 24.7 Å². The third-order valence-corrected chi connectivity index (χ3v) is 3.60. The lowest BCUT2D eigenvalue weighted by Crippen LogP contribution is -2.31. The predicted molar refractivity (Wildman–Crippen MR) is 102 cm³/mol. The minimum Gasteiger partial charge on any atom is -0.349 e. The van der Waals surface area contributed by atoms with E-state index in [-0.39, 0.29) is 30.7 Å². The number of halogens is 2. The summed E-state index contributed by atoms with van der Waals surface area (Å²) in [7, 11) is 1.84. The van der Waals surface area contributed by atoms with E-state index in [0.29, 0.717) is 24.5 Å². The summed E-state index contributed by atoms with van der Waals surface area (Å²) >= 11 is 0. The summed E-state index contributed by atoms with van der Waals surface area (Å²) in [6.45, 7) is 3.08. The van der Waals surface area contributed by atoms with Crippen LogP contribution in [0.2, 0.25) is 0 Å². The van der Waals surface area contributed by atoms with Gasteiger partial charge in [0.25, 0.3) is 5.91 Å². The van der Waals surface area contributed by atoms with Gasteiger partial charge in [0.2, 0.25) is 0 Å². The monoisotopic (exact) mass is 382 g/mol. The highest BCUT2D eigenvalue weighted by molar-refractivity contribution is 5.93. The summed E-state index contributed by atoms with van der Waals surface area (Å²) in [5.74, 6) is -0.216. The number of carbonyl (C=O) groups is 1.